The first-order chi connectivity index (χ1) is 37.9. The number of piperidine rings is 3. The minimum absolute atomic E-state index is 0.000631. The maximum Gasteiger partial charge on any atom is 0.409 e. The van der Waals surface area contributed by atoms with Gasteiger partial charge in [0, 0.05) is 80.5 Å². The van der Waals surface area contributed by atoms with E-state index in [0.717, 1.165) is 107 Å². The molecule has 0 radical (unpaired) electrons. The second-order valence-corrected chi connectivity index (χ2v) is 23.2. The fraction of sp³-hybridized carbons (Fsp3) is 0.500. The Morgan fingerprint density at radius 3 is 2.46 bits per heavy atom. The van der Waals surface area contributed by atoms with Gasteiger partial charge in [-0.2, -0.15) is 15.1 Å². The van der Waals surface area contributed by atoms with Crippen molar-refractivity contribution in [2.75, 3.05) is 70.5 Å². The van der Waals surface area contributed by atoms with E-state index in [1.807, 2.05) is 16.6 Å². The zero-order valence-electron chi connectivity index (χ0n) is 44.0. The Labute approximate surface area is 451 Å². The number of nitrogens with one attached hydrogen (secondary N) is 2. The number of amides is 3. The number of aryl methyl sites for hydroxylation is 1. The summed E-state index contributed by atoms with van der Waals surface area (Å²) in [4.78, 5) is 56.6. The number of carbonyl (C=O) groups is 3. The number of ether oxygens (including phenoxy) is 2. The van der Waals surface area contributed by atoms with Crippen molar-refractivity contribution < 1.29 is 37.0 Å². The van der Waals surface area contributed by atoms with E-state index < -0.39 is 23.4 Å². The molecule has 7 fully saturated rings. The molecule has 13 rings (SSSR count). The number of benzene rings is 4. The van der Waals surface area contributed by atoms with Gasteiger partial charge in [-0.25, -0.2) is 18.0 Å². The first kappa shape index (κ1) is 50.7. The van der Waals surface area contributed by atoms with Gasteiger partial charge in [0.2, 0.25) is 11.8 Å². The van der Waals surface area contributed by atoms with Gasteiger partial charge in [0.1, 0.15) is 36.2 Å². The number of hydrogen-bond acceptors (Lipinski definition) is 12. The Morgan fingerprint density at radius 2 is 1.68 bits per heavy atom. The number of hydrogen-bond donors (Lipinski definition) is 2. The second kappa shape index (κ2) is 20.4. The molecule has 0 spiro atoms. The van der Waals surface area contributed by atoms with E-state index in [2.05, 4.69) is 54.4 Å². The van der Waals surface area contributed by atoms with Gasteiger partial charge in [0.05, 0.1) is 33.8 Å². The van der Waals surface area contributed by atoms with Crippen LogP contribution in [0.4, 0.5) is 23.8 Å². The van der Waals surface area contributed by atoms with Crippen molar-refractivity contribution in [1.29, 1.82) is 0 Å². The lowest BCUT2D eigenvalue weighted by Gasteiger charge is -2.38. The lowest BCUT2D eigenvalue weighted by Crippen LogP contribution is -2.51. The third kappa shape index (κ3) is 9.18. The molecule has 9 heterocycles. The van der Waals surface area contributed by atoms with Gasteiger partial charge in [-0.1, -0.05) is 42.3 Å². The lowest BCUT2D eigenvalue weighted by atomic mass is 9.87. The molecule has 15 nitrogen and oxygen atoms in total. The highest BCUT2D eigenvalue weighted by molar-refractivity contribution is 6.04. The van der Waals surface area contributed by atoms with Crippen molar-refractivity contribution in [1.82, 2.24) is 45.1 Å². The Bertz CT molecular complexity index is 3410. The van der Waals surface area contributed by atoms with Crippen LogP contribution in [0, 0.1) is 35.7 Å². The summed E-state index contributed by atoms with van der Waals surface area (Å²) in [6.07, 6.45) is 15.8. The minimum atomic E-state index is -0.900. The molecule has 0 saturated carbocycles. The fourth-order valence-corrected chi connectivity index (χ4v) is 14.5. The molecule has 78 heavy (non-hydrogen) atoms. The number of fused-ring (bicyclic) bond motifs is 6. The van der Waals surface area contributed by atoms with Gasteiger partial charge < -0.3 is 29.5 Å². The van der Waals surface area contributed by atoms with Crippen LogP contribution in [0.25, 0.3) is 43.7 Å². The van der Waals surface area contributed by atoms with Crippen LogP contribution >= 0.6 is 0 Å². The summed E-state index contributed by atoms with van der Waals surface area (Å²) in [5.41, 5.74) is 2.32. The summed E-state index contributed by atoms with van der Waals surface area (Å²) in [5.74, 6) is 0.464. The summed E-state index contributed by atoms with van der Waals surface area (Å²) < 4.78 is 63.5. The number of aromatic nitrogens is 4. The maximum absolute atomic E-state index is 17.3. The van der Waals surface area contributed by atoms with Gasteiger partial charge in [-0.05, 0) is 137 Å². The van der Waals surface area contributed by atoms with Gasteiger partial charge in [0.15, 0.2) is 5.82 Å². The van der Waals surface area contributed by atoms with E-state index in [9.17, 15) is 14.4 Å². The van der Waals surface area contributed by atoms with Crippen LogP contribution in [-0.4, -0.2) is 142 Å². The topological polar surface area (TPSA) is 150 Å². The average molecular weight is 1060 g/mol. The summed E-state index contributed by atoms with van der Waals surface area (Å²) in [6.45, 7) is 6.98. The molecule has 18 heteroatoms. The SMILES string of the molecule is C#Cc1c(F)ccc2cccc(-c3c(F)cc4c(N5C[C@H]6CC[C@@H](C5)N6)nc(OC[C@@]56CCCN5[C@H](COC(=O)N5CCC(CN7CCC(c8ccc9c(C%10CCC(=O)NC%10=O)nn(C)c9c8)CC7)CC5)CC6)nc4c3F)c12. The molecule has 7 aliphatic rings. The second-order valence-electron chi connectivity index (χ2n) is 23.2. The lowest BCUT2D eigenvalue weighted by molar-refractivity contribution is -0.134. The Hall–Kier alpha value is -6.81. The highest BCUT2D eigenvalue weighted by Gasteiger charge is 2.50. The molecule has 7 aliphatic heterocycles. The third-order valence-corrected chi connectivity index (χ3v) is 18.6. The molecule has 2 aromatic heterocycles. The monoisotopic (exact) mass is 1060 g/mol. The van der Waals surface area contributed by atoms with Crippen LogP contribution in [0.15, 0.2) is 54.6 Å². The van der Waals surface area contributed by atoms with E-state index in [1.54, 1.807) is 24.3 Å². The third-order valence-electron chi connectivity index (χ3n) is 18.6. The summed E-state index contributed by atoms with van der Waals surface area (Å²) in [6, 6.07) is 16.0. The number of carbonyl (C=O) groups excluding carboxylic acids is 3. The number of piperazine rings is 1. The molecule has 1 unspecified atom stereocenters. The molecule has 406 valence electrons. The Kier molecular flexibility index (Phi) is 13.3. The van der Waals surface area contributed by atoms with Crippen molar-refractivity contribution in [3.63, 3.8) is 0 Å². The standard InChI is InChI=1S/C60H65F3N10O5/c1-3-42-47(61)14-9-37-6-4-7-44(51(37)42)52-48(62)29-46-55(53(52)63)66-58(67-56(46)72-31-39-10-11-40(32-72)64-39)78-34-60-21-5-23-73(60)41(16-22-60)33-77-59(76)71-26-17-35(18-27-71)30-70-24-19-36(20-25-70)38-8-12-43-49(28-38)69(2)68-54(43)45-13-15-50(74)65-57(45)75/h1,4,6-9,12,14,28-29,35-36,39-41,45,64H,5,10-11,13,15-27,30-34H2,2H3,(H,65,74,75)/t39-,40+,41-,45?,60-/m0/s1. The zero-order valence-corrected chi connectivity index (χ0v) is 44.0. The first-order valence-corrected chi connectivity index (χ1v) is 28.1. The average Bonchev–Trinajstić information content (AvgIpc) is 4.21. The molecule has 5 atom stereocenters. The van der Waals surface area contributed by atoms with Crippen LogP contribution in [0.3, 0.4) is 0 Å². The van der Waals surface area contributed by atoms with Crippen LogP contribution in [0.5, 0.6) is 6.01 Å². The van der Waals surface area contributed by atoms with Crippen molar-refractivity contribution in [2.24, 2.45) is 13.0 Å². The molecule has 2 N–H and O–H groups in total. The van der Waals surface area contributed by atoms with E-state index in [-0.39, 0.29) is 93.8 Å². The molecule has 7 saturated heterocycles. The first-order valence-electron chi connectivity index (χ1n) is 28.1. The number of rotatable bonds is 11. The fourth-order valence-electron chi connectivity index (χ4n) is 14.5. The minimum Gasteiger partial charge on any atom is -0.461 e. The van der Waals surface area contributed by atoms with Crippen LogP contribution < -0.4 is 20.3 Å². The van der Waals surface area contributed by atoms with Crippen LogP contribution in [0.2, 0.25) is 0 Å². The van der Waals surface area contributed by atoms with Crippen molar-refractivity contribution in [3.8, 4) is 29.5 Å². The van der Waals surface area contributed by atoms with E-state index in [1.165, 1.54) is 17.7 Å². The predicted molar refractivity (Wildman–Crippen MR) is 290 cm³/mol. The maximum atomic E-state index is 17.3. The number of likely N-dealkylation sites (tertiary alicyclic amines) is 2. The van der Waals surface area contributed by atoms with E-state index in [0.29, 0.717) is 62.1 Å². The quantitative estimate of drug-likeness (QED) is 0.0950. The summed E-state index contributed by atoms with van der Waals surface area (Å²) >= 11 is 0. The van der Waals surface area contributed by atoms with Crippen molar-refractivity contribution >= 4 is 56.3 Å². The Morgan fingerprint density at radius 1 is 0.872 bits per heavy atom. The molecule has 4 aromatic carbocycles. The molecule has 3 amide bonds. The van der Waals surface area contributed by atoms with Crippen LogP contribution in [0.1, 0.15) is 106 Å². The number of anilines is 1. The van der Waals surface area contributed by atoms with Crippen LogP contribution in [-0.2, 0) is 21.4 Å². The number of terminal acetylenes is 1. The molecular formula is C60H65F3N10O5. The zero-order chi connectivity index (χ0) is 53.4. The van der Waals surface area contributed by atoms with E-state index >= 15 is 13.2 Å². The predicted octanol–water partition coefficient (Wildman–Crippen LogP) is 8.30. The number of halogens is 3. The molecule has 6 aromatic rings. The number of imide groups is 1. The molecule has 2 bridgehead atoms. The van der Waals surface area contributed by atoms with Gasteiger partial charge in [-0.3, -0.25) is 24.5 Å². The normalized spacial score (nSPS) is 25.3. The van der Waals surface area contributed by atoms with Gasteiger partial charge >= 0.3 is 12.1 Å². The largest absolute Gasteiger partial charge is 0.461 e. The van der Waals surface area contributed by atoms with Gasteiger partial charge in [0.25, 0.3) is 0 Å². The smallest absolute Gasteiger partial charge is 0.409 e. The Balaban J connectivity index is 0.631. The van der Waals surface area contributed by atoms with E-state index in [4.69, 9.17) is 26.0 Å². The molecular weight excluding hydrogens is 998 g/mol. The van der Waals surface area contributed by atoms with Crippen molar-refractivity contribution in [3.05, 3.63) is 88.9 Å². The van der Waals surface area contributed by atoms with Crippen molar-refractivity contribution in [2.45, 2.75) is 113 Å². The van der Waals surface area contributed by atoms with Gasteiger partial charge in [-0.15, -0.1) is 6.42 Å². The summed E-state index contributed by atoms with van der Waals surface area (Å²) in [7, 11) is 1.92. The molecule has 0 aliphatic carbocycles. The highest BCUT2D eigenvalue weighted by atomic mass is 19.1. The highest BCUT2D eigenvalue weighted by Crippen LogP contribution is 2.45. The summed E-state index contributed by atoms with van der Waals surface area (Å²) in [5, 5.41) is 12.8. The number of nitrogens with zero attached hydrogens (tertiary/aromatic N) is 8.